The Balaban J connectivity index is 2.01. The van der Waals surface area contributed by atoms with Crippen LogP contribution < -0.4 is 11.0 Å². The van der Waals surface area contributed by atoms with Gasteiger partial charge in [0.15, 0.2) is 0 Å². The zero-order valence-electron chi connectivity index (χ0n) is 17.6. The minimum Gasteiger partial charge on any atom is -0.464 e. The van der Waals surface area contributed by atoms with Gasteiger partial charge in [-0.05, 0) is 51.9 Å². The van der Waals surface area contributed by atoms with Gasteiger partial charge in [0.2, 0.25) is 0 Å². The van der Waals surface area contributed by atoms with Crippen LogP contribution in [0.5, 0.6) is 0 Å². The van der Waals surface area contributed by atoms with E-state index in [1.165, 1.54) is 10.9 Å². The van der Waals surface area contributed by atoms with Crippen molar-refractivity contribution < 1.29 is 8.83 Å². The molecule has 0 bridgehead atoms. The molecule has 3 rings (SSSR count). The van der Waals surface area contributed by atoms with E-state index >= 15 is 0 Å². The van der Waals surface area contributed by atoms with Gasteiger partial charge in [0, 0.05) is 5.66 Å². The number of hydrogen-bond donors (Lipinski definition) is 0. The van der Waals surface area contributed by atoms with Crippen molar-refractivity contribution in [3.63, 3.8) is 0 Å². The summed E-state index contributed by atoms with van der Waals surface area (Å²) < 4.78 is 11.7. The zero-order valence-corrected chi connectivity index (χ0v) is 19.4. The van der Waals surface area contributed by atoms with Gasteiger partial charge in [-0.3, -0.25) is 0 Å². The third-order valence-electron chi connectivity index (χ3n) is 4.92. The van der Waals surface area contributed by atoms with Gasteiger partial charge < -0.3 is 8.83 Å². The minimum atomic E-state index is -0.776. The number of allylic oxidation sites excluding steroid dienone is 4. The summed E-state index contributed by atoms with van der Waals surface area (Å²) in [7, 11) is -1.02. The molecule has 146 valence electrons. The highest BCUT2D eigenvalue weighted by Crippen LogP contribution is 2.66. The van der Waals surface area contributed by atoms with Gasteiger partial charge >= 0.3 is 0 Å². The van der Waals surface area contributed by atoms with Crippen molar-refractivity contribution >= 4 is 26.8 Å². The summed E-state index contributed by atoms with van der Waals surface area (Å²) in [5.41, 5.74) is 4.07. The number of hydrogen-bond acceptors (Lipinski definition) is 2. The maximum Gasteiger partial charge on any atom is 0.137 e. The van der Waals surface area contributed by atoms with Crippen LogP contribution in [-0.2, 0) is 0 Å². The second kappa shape index (κ2) is 7.73. The molecular weight excluding hydrogens is 370 g/mol. The first-order chi connectivity index (χ1) is 12.6. The lowest BCUT2D eigenvalue weighted by molar-refractivity contribution is 0.593. The molecule has 0 unspecified atom stereocenters. The van der Waals surface area contributed by atoms with Crippen LogP contribution >= 0.6 is 15.8 Å². The Morgan fingerprint density at radius 1 is 0.852 bits per heavy atom. The summed E-state index contributed by atoms with van der Waals surface area (Å²) in [4.78, 5) is 0. The van der Waals surface area contributed by atoms with Crippen LogP contribution in [0.1, 0.15) is 54.9 Å². The molecule has 4 heteroatoms. The smallest absolute Gasteiger partial charge is 0.137 e. The molecule has 1 atom stereocenters. The molecule has 0 spiro atoms. The molecule has 2 aromatic heterocycles. The average molecular weight is 402 g/mol. The Morgan fingerprint density at radius 2 is 1.37 bits per heavy atom. The Hall–Kier alpha value is -1.10. The quantitative estimate of drug-likeness (QED) is 0.504. The second-order valence-electron chi connectivity index (χ2n) is 9.11. The van der Waals surface area contributed by atoms with E-state index in [2.05, 4.69) is 72.8 Å². The summed E-state index contributed by atoms with van der Waals surface area (Å²) in [5, 5.41) is 2.00. The molecule has 0 fully saturated rings. The molecule has 1 aliphatic rings. The summed E-state index contributed by atoms with van der Waals surface area (Å²) in [6.45, 7) is 16.9. The standard InChI is InChI=1S/C23H32O2P2/c1-17(27(22(2,3)4)23(5,6)7)18-11-8-12-19(18)26(20-13-9-15-24-20)21-14-10-16-25-21/h9-17H,8H2,1-7H3/t17-/m1/s1. The second-order valence-corrected chi connectivity index (χ2v) is 15.3. The van der Waals surface area contributed by atoms with Gasteiger partial charge in [-0.15, -0.1) is 0 Å². The van der Waals surface area contributed by atoms with Crippen LogP contribution in [0, 0.1) is 0 Å². The average Bonchev–Trinajstić information content (AvgIpc) is 3.28. The van der Waals surface area contributed by atoms with Crippen molar-refractivity contribution in [1.82, 2.24) is 0 Å². The number of furan rings is 2. The SMILES string of the molecule is C[C@H](C1=CCC=C1P(c1ccco1)c1ccco1)P(C(C)(C)C)C(C)(C)C. The van der Waals surface area contributed by atoms with Crippen molar-refractivity contribution in [1.29, 1.82) is 0 Å². The molecule has 2 nitrogen and oxygen atoms in total. The normalized spacial score (nSPS) is 16.8. The van der Waals surface area contributed by atoms with Crippen LogP contribution in [0.2, 0.25) is 0 Å². The molecule has 27 heavy (non-hydrogen) atoms. The molecular formula is C23H32O2P2. The highest BCUT2D eigenvalue weighted by Gasteiger charge is 2.41. The first-order valence-corrected chi connectivity index (χ1v) is 12.4. The lowest BCUT2D eigenvalue weighted by Gasteiger charge is -2.46. The van der Waals surface area contributed by atoms with Gasteiger partial charge in [-0.2, -0.15) is 0 Å². The van der Waals surface area contributed by atoms with Gasteiger partial charge in [0.1, 0.15) is 11.0 Å². The molecule has 0 aliphatic heterocycles. The third kappa shape index (κ3) is 4.33. The summed E-state index contributed by atoms with van der Waals surface area (Å²) in [6.07, 6.45) is 9.38. The molecule has 0 saturated heterocycles. The lowest BCUT2D eigenvalue weighted by atomic mass is 10.2. The number of rotatable bonds is 5. The van der Waals surface area contributed by atoms with E-state index < -0.39 is 7.92 Å². The highest BCUT2D eigenvalue weighted by atomic mass is 31.1. The fourth-order valence-electron chi connectivity index (χ4n) is 4.57. The van der Waals surface area contributed by atoms with E-state index in [1.807, 2.05) is 12.1 Å². The molecule has 1 aliphatic carbocycles. The molecule has 0 radical (unpaired) electrons. The van der Waals surface area contributed by atoms with Crippen LogP contribution in [0.4, 0.5) is 0 Å². The maximum atomic E-state index is 5.86. The van der Waals surface area contributed by atoms with Crippen molar-refractivity contribution in [2.24, 2.45) is 0 Å². The van der Waals surface area contributed by atoms with Gasteiger partial charge in [-0.1, -0.05) is 68.5 Å². The van der Waals surface area contributed by atoms with Gasteiger partial charge in [0.05, 0.1) is 20.4 Å². The summed E-state index contributed by atoms with van der Waals surface area (Å²) >= 11 is 0. The largest absolute Gasteiger partial charge is 0.464 e. The zero-order chi connectivity index (χ0) is 19.8. The minimum absolute atomic E-state index is 0.241. The highest BCUT2D eigenvalue weighted by molar-refractivity contribution is 7.76. The predicted octanol–water partition coefficient (Wildman–Crippen LogP) is 6.99. The van der Waals surface area contributed by atoms with Crippen LogP contribution in [0.15, 0.2) is 68.7 Å². The fourth-order valence-corrected chi connectivity index (χ4v) is 11.9. The van der Waals surface area contributed by atoms with E-state index in [0.29, 0.717) is 16.0 Å². The van der Waals surface area contributed by atoms with E-state index in [0.717, 1.165) is 17.4 Å². The molecule has 0 N–H and O–H groups in total. The molecule has 0 aromatic carbocycles. The van der Waals surface area contributed by atoms with Crippen molar-refractivity contribution in [2.75, 3.05) is 0 Å². The van der Waals surface area contributed by atoms with Crippen molar-refractivity contribution in [2.45, 2.75) is 70.9 Å². The van der Waals surface area contributed by atoms with E-state index in [-0.39, 0.29) is 7.92 Å². The predicted molar refractivity (Wildman–Crippen MR) is 120 cm³/mol. The van der Waals surface area contributed by atoms with Gasteiger partial charge in [-0.25, -0.2) is 0 Å². The van der Waals surface area contributed by atoms with Gasteiger partial charge in [0.25, 0.3) is 0 Å². The van der Waals surface area contributed by atoms with Crippen LogP contribution in [0.25, 0.3) is 0 Å². The fraction of sp³-hybridized carbons (Fsp3) is 0.478. The first-order valence-electron chi connectivity index (χ1n) is 9.68. The topological polar surface area (TPSA) is 26.3 Å². The Kier molecular flexibility index (Phi) is 5.90. The molecule has 2 heterocycles. The third-order valence-corrected chi connectivity index (χ3v) is 11.2. The lowest BCUT2D eigenvalue weighted by Crippen LogP contribution is -2.31. The Morgan fingerprint density at radius 3 is 1.78 bits per heavy atom. The first kappa shape index (κ1) is 20.6. The Bertz CT molecular complexity index is 751. The summed E-state index contributed by atoms with van der Waals surface area (Å²) in [6, 6.07) is 8.14. The molecule has 0 saturated carbocycles. The summed E-state index contributed by atoms with van der Waals surface area (Å²) in [5.74, 6) is 0. The van der Waals surface area contributed by atoms with E-state index in [4.69, 9.17) is 8.83 Å². The molecule has 2 aromatic rings. The van der Waals surface area contributed by atoms with E-state index in [1.54, 1.807) is 12.5 Å². The van der Waals surface area contributed by atoms with Crippen LogP contribution in [0.3, 0.4) is 0 Å². The monoisotopic (exact) mass is 402 g/mol. The van der Waals surface area contributed by atoms with E-state index in [9.17, 15) is 0 Å². The van der Waals surface area contributed by atoms with Crippen LogP contribution in [-0.4, -0.2) is 16.0 Å². The van der Waals surface area contributed by atoms with Crippen molar-refractivity contribution in [3.05, 3.63) is 59.8 Å². The molecule has 0 amide bonds. The Labute approximate surface area is 166 Å². The van der Waals surface area contributed by atoms with Crippen molar-refractivity contribution in [3.8, 4) is 0 Å². The maximum absolute atomic E-state index is 5.86.